The van der Waals surface area contributed by atoms with E-state index in [4.69, 9.17) is 33.3 Å². The highest BCUT2D eigenvalue weighted by Gasteiger charge is 2.36. The molecular formula is C21H19ClN2O4S. The van der Waals surface area contributed by atoms with Crippen molar-refractivity contribution in [1.29, 1.82) is 0 Å². The quantitative estimate of drug-likeness (QED) is 0.397. The molecule has 0 spiro atoms. The number of methoxy groups -OCH3 is 1. The molecule has 1 amide bonds. The fraction of sp³-hybridized carbons (Fsp3) is 0.190. The molecule has 29 heavy (non-hydrogen) atoms. The van der Waals surface area contributed by atoms with Crippen molar-refractivity contribution in [3.63, 3.8) is 0 Å². The van der Waals surface area contributed by atoms with Crippen LogP contribution in [0, 0.1) is 0 Å². The second-order valence-corrected chi connectivity index (χ2v) is 7.03. The van der Waals surface area contributed by atoms with Crippen molar-refractivity contribution < 1.29 is 19.1 Å². The topological polar surface area (TPSA) is 59.1 Å². The standard InChI is InChI=1S/C21H19ClN2O4S/c1-23-20(26)17(24(21(23)29)12-19(25)27-2)11-14-7-4-6-10-18(14)28-13-15-8-3-5-9-16(15)22/h3-11H,12-13H2,1-2H3/b17-11-. The number of halogens is 1. The molecule has 8 heteroatoms. The molecule has 0 radical (unpaired) electrons. The molecule has 0 aliphatic carbocycles. The lowest BCUT2D eigenvalue weighted by molar-refractivity contribution is -0.140. The zero-order valence-corrected chi connectivity index (χ0v) is 17.5. The molecule has 1 fully saturated rings. The summed E-state index contributed by atoms with van der Waals surface area (Å²) < 4.78 is 10.7. The van der Waals surface area contributed by atoms with Gasteiger partial charge in [0, 0.05) is 23.2 Å². The number of hydrogen-bond acceptors (Lipinski definition) is 5. The lowest BCUT2D eigenvalue weighted by Gasteiger charge is -2.17. The molecule has 0 aromatic heterocycles. The monoisotopic (exact) mass is 430 g/mol. The van der Waals surface area contributed by atoms with Crippen molar-refractivity contribution >= 4 is 46.9 Å². The van der Waals surface area contributed by atoms with Crippen LogP contribution in [0.25, 0.3) is 6.08 Å². The van der Waals surface area contributed by atoms with Crippen molar-refractivity contribution in [2.24, 2.45) is 0 Å². The fourth-order valence-electron chi connectivity index (χ4n) is 2.79. The maximum atomic E-state index is 12.7. The molecule has 0 saturated carbocycles. The van der Waals surface area contributed by atoms with Gasteiger partial charge in [-0.2, -0.15) is 0 Å². The number of para-hydroxylation sites is 1. The molecule has 1 aliphatic rings. The first kappa shape index (κ1) is 20.8. The fourth-order valence-corrected chi connectivity index (χ4v) is 3.23. The summed E-state index contributed by atoms with van der Waals surface area (Å²) in [7, 11) is 2.85. The smallest absolute Gasteiger partial charge is 0.325 e. The summed E-state index contributed by atoms with van der Waals surface area (Å²) >= 11 is 11.5. The highest BCUT2D eigenvalue weighted by atomic mass is 35.5. The zero-order valence-electron chi connectivity index (χ0n) is 15.9. The molecule has 1 aliphatic heterocycles. The van der Waals surface area contributed by atoms with Crippen LogP contribution in [0.3, 0.4) is 0 Å². The van der Waals surface area contributed by atoms with Crippen molar-refractivity contribution in [3.05, 3.63) is 70.4 Å². The molecule has 0 atom stereocenters. The van der Waals surface area contributed by atoms with Gasteiger partial charge in [0.1, 0.15) is 24.6 Å². The van der Waals surface area contributed by atoms with Gasteiger partial charge in [-0.05, 0) is 30.4 Å². The minimum atomic E-state index is -0.496. The molecule has 0 bridgehead atoms. The lowest BCUT2D eigenvalue weighted by Crippen LogP contribution is -2.33. The van der Waals surface area contributed by atoms with Crippen LogP contribution in [0.5, 0.6) is 5.75 Å². The van der Waals surface area contributed by atoms with Crippen LogP contribution in [0.15, 0.2) is 54.2 Å². The van der Waals surface area contributed by atoms with Gasteiger partial charge in [0.25, 0.3) is 5.91 Å². The van der Waals surface area contributed by atoms with Crippen molar-refractivity contribution in [3.8, 4) is 5.75 Å². The number of esters is 1. The van der Waals surface area contributed by atoms with Gasteiger partial charge in [0.2, 0.25) is 0 Å². The van der Waals surface area contributed by atoms with Crippen LogP contribution in [-0.2, 0) is 20.9 Å². The number of amides is 1. The number of likely N-dealkylation sites (N-methyl/N-ethyl adjacent to an activating group) is 1. The average Bonchev–Trinajstić information content (AvgIpc) is 2.92. The number of carbonyl (C=O) groups is 2. The van der Waals surface area contributed by atoms with Crippen LogP contribution in [0.1, 0.15) is 11.1 Å². The molecule has 0 N–H and O–H groups in total. The highest BCUT2D eigenvalue weighted by Crippen LogP contribution is 2.28. The SMILES string of the molecule is COC(=O)CN1C(=S)N(C)C(=O)/C1=C/c1ccccc1OCc1ccccc1Cl. The first-order chi connectivity index (χ1) is 13.9. The Morgan fingerprint density at radius 1 is 1.17 bits per heavy atom. The summed E-state index contributed by atoms with van der Waals surface area (Å²) in [5, 5.41) is 0.853. The van der Waals surface area contributed by atoms with Gasteiger partial charge in [-0.3, -0.25) is 14.5 Å². The van der Waals surface area contributed by atoms with E-state index in [1.54, 1.807) is 25.3 Å². The Morgan fingerprint density at radius 2 is 1.86 bits per heavy atom. The molecule has 6 nitrogen and oxygen atoms in total. The second-order valence-electron chi connectivity index (χ2n) is 6.26. The maximum Gasteiger partial charge on any atom is 0.325 e. The summed E-state index contributed by atoms with van der Waals surface area (Å²) in [6.45, 7) is 0.123. The summed E-state index contributed by atoms with van der Waals surface area (Å²) in [6, 6.07) is 14.7. The Bertz CT molecular complexity index is 992. The third-order valence-electron chi connectivity index (χ3n) is 4.40. The molecule has 3 rings (SSSR count). The Kier molecular flexibility index (Phi) is 6.51. The van der Waals surface area contributed by atoms with Crippen LogP contribution in [0.2, 0.25) is 5.02 Å². The number of thiocarbonyl (C=S) groups is 1. The van der Waals surface area contributed by atoms with E-state index < -0.39 is 5.97 Å². The molecule has 2 aromatic carbocycles. The van der Waals surface area contributed by atoms with Crippen LogP contribution in [0.4, 0.5) is 0 Å². The van der Waals surface area contributed by atoms with Crippen molar-refractivity contribution in [2.45, 2.75) is 6.61 Å². The van der Waals surface area contributed by atoms with Gasteiger partial charge in [0.15, 0.2) is 5.11 Å². The minimum absolute atomic E-state index is 0.153. The van der Waals surface area contributed by atoms with E-state index in [0.29, 0.717) is 16.3 Å². The van der Waals surface area contributed by atoms with Crippen molar-refractivity contribution in [2.75, 3.05) is 20.7 Å². The second kappa shape index (κ2) is 9.07. The van der Waals surface area contributed by atoms with Gasteiger partial charge in [0.05, 0.1) is 7.11 Å². The number of carbonyl (C=O) groups excluding carboxylic acids is 2. The average molecular weight is 431 g/mol. The molecule has 150 valence electrons. The first-order valence-electron chi connectivity index (χ1n) is 8.75. The van der Waals surface area contributed by atoms with Crippen LogP contribution < -0.4 is 4.74 Å². The third kappa shape index (κ3) is 4.58. The zero-order chi connectivity index (χ0) is 21.0. The van der Waals surface area contributed by atoms with Crippen LogP contribution >= 0.6 is 23.8 Å². The van der Waals surface area contributed by atoms with Gasteiger partial charge in [-0.1, -0.05) is 48.0 Å². The largest absolute Gasteiger partial charge is 0.488 e. The summed E-state index contributed by atoms with van der Waals surface area (Å²) in [6.07, 6.45) is 1.66. The number of ether oxygens (including phenoxy) is 2. The molecule has 2 aromatic rings. The summed E-state index contributed by atoms with van der Waals surface area (Å²) in [5.74, 6) is -0.226. The van der Waals surface area contributed by atoms with E-state index in [9.17, 15) is 9.59 Å². The van der Waals surface area contributed by atoms with Gasteiger partial charge in [-0.15, -0.1) is 0 Å². The predicted molar refractivity (Wildman–Crippen MR) is 114 cm³/mol. The number of rotatable bonds is 6. The van der Waals surface area contributed by atoms with Gasteiger partial charge in [-0.25, -0.2) is 0 Å². The molecule has 1 heterocycles. The Balaban J connectivity index is 1.90. The van der Waals surface area contributed by atoms with Crippen LogP contribution in [-0.4, -0.2) is 47.5 Å². The van der Waals surface area contributed by atoms with E-state index in [1.165, 1.54) is 16.9 Å². The van der Waals surface area contributed by atoms with E-state index >= 15 is 0 Å². The molecule has 1 saturated heterocycles. The number of hydrogen-bond donors (Lipinski definition) is 0. The van der Waals surface area contributed by atoms with E-state index in [2.05, 4.69) is 0 Å². The Morgan fingerprint density at radius 3 is 2.59 bits per heavy atom. The first-order valence-corrected chi connectivity index (χ1v) is 9.54. The Labute approximate surface area is 179 Å². The number of benzene rings is 2. The van der Waals surface area contributed by atoms with Gasteiger partial charge < -0.3 is 14.4 Å². The number of nitrogens with zero attached hydrogens (tertiary/aromatic N) is 2. The van der Waals surface area contributed by atoms with Gasteiger partial charge >= 0.3 is 5.97 Å². The molecule has 0 unspecified atom stereocenters. The minimum Gasteiger partial charge on any atom is -0.488 e. The van der Waals surface area contributed by atoms with E-state index in [-0.39, 0.29) is 29.9 Å². The maximum absolute atomic E-state index is 12.7. The normalized spacial score (nSPS) is 15.2. The lowest BCUT2D eigenvalue weighted by atomic mass is 10.1. The predicted octanol–water partition coefficient (Wildman–Crippen LogP) is 3.49. The highest BCUT2D eigenvalue weighted by molar-refractivity contribution is 7.80. The summed E-state index contributed by atoms with van der Waals surface area (Å²) in [5.41, 5.74) is 1.80. The summed E-state index contributed by atoms with van der Waals surface area (Å²) in [4.78, 5) is 27.2. The Hall–Kier alpha value is -2.90. The van der Waals surface area contributed by atoms with E-state index in [1.807, 2.05) is 36.4 Å². The molecular weight excluding hydrogens is 412 g/mol. The van der Waals surface area contributed by atoms with E-state index in [0.717, 1.165) is 5.56 Å². The third-order valence-corrected chi connectivity index (χ3v) is 5.26. The van der Waals surface area contributed by atoms with Crippen molar-refractivity contribution in [1.82, 2.24) is 9.80 Å².